The van der Waals surface area contributed by atoms with Gasteiger partial charge in [0, 0.05) is 31.1 Å². The minimum atomic E-state index is -0.211. The molecule has 0 radical (unpaired) electrons. The van der Waals surface area contributed by atoms with E-state index in [0.717, 1.165) is 25.1 Å². The lowest BCUT2D eigenvalue weighted by molar-refractivity contribution is -0.130. The van der Waals surface area contributed by atoms with E-state index in [2.05, 4.69) is 15.0 Å². The van der Waals surface area contributed by atoms with Crippen molar-refractivity contribution in [3.05, 3.63) is 52.2 Å². The minimum absolute atomic E-state index is 0.0275. The van der Waals surface area contributed by atoms with E-state index in [0.29, 0.717) is 23.9 Å². The number of carbonyl (C=O) groups is 1. The molecule has 1 aliphatic rings. The van der Waals surface area contributed by atoms with Gasteiger partial charge in [0.1, 0.15) is 0 Å². The molecule has 1 amide bonds. The molecule has 0 aromatic carbocycles. The molecular weight excluding hydrogens is 352 g/mol. The minimum Gasteiger partial charge on any atom is -0.376 e. The molecular formula is C18H22N4O3S. The zero-order chi connectivity index (χ0) is 18.4. The van der Waals surface area contributed by atoms with Crippen LogP contribution in [0.15, 0.2) is 40.4 Å². The number of pyridine rings is 1. The van der Waals surface area contributed by atoms with Crippen molar-refractivity contribution in [1.29, 1.82) is 0 Å². The molecule has 8 heteroatoms. The number of aryl methyl sites for hydroxylation is 1. The van der Waals surface area contributed by atoms with Crippen LogP contribution in [0.25, 0.3) is 0 Å². The second-order valence-corrected chi connectivity index (χ2v) is 7.18. The van der Waals surface area contributed by atoms with Crippen molar-refractivity contribution >= 4 is 17.7 Å². The number of nitrogens with zero attached hydrogens (tertiary/aromatic N) is 3. The van der Waals surface area contributed by atoms with Crippen LogP contribution in [0.5, 0.6) is 0 Å². The van der Waals surface area contributed by atoms with Gasteiger partial charge in [0.2, 0.25) is 5.91 Å². The maximum absolute atomic E-state index is 12.8. The third kappa shape index (κ3) is 5.40. The molecule has 3 rings (SSSR count). The lowest BCUT2D eigenvalue weighted by atomic mass is 10.2. The third-order valence-electron chi connectivity index (χ3n) is 4.06. The topological polar surface area (TPSA) is 88.2 Å². The summed E-state index contributed by atoms with van der Waals surface area (Å²) in [7, 11) is 0. The van der Waals surface area contributed by atoms with Crippen LogP contribution in [0.1, 0.15) is 24.2 Å². The summed E-state index contributed by atoms with van der Waals surface area (Å²) in [5, 5.41) is 0.457. The van der Waals surface area contributed by atoms with Gasteiger partial charge in [-0.25, -0.2) is 4.98 Å². The van der Waals surface area contributed by atoms with Crippen LogP contribution < -0.4 is 5.56 Å². The van der Waals surface area contributed by atoms with Gasteiger partial charge in [0.25, 0.3) is 5.56 Å². The van der Waals surface area contributed by atoms with Crippen LogP contribution in [0.3, 0.4) is 0 Å². The molecule has 0 unspecified atom stereocenters. The predicted molar refractivity (Wildman–Crippen MR) is 98.9 cm³/mol. The Hall–Kier alpha value is -2.19. The van der Waals surface area contributed by atoms with Crippen LogP contribution in [0, 0.1) is 6.92 Å². The summed E-state index contributed by atoms with van der Waals surface area (Å²) in [6.07, 6.45) is 3.79. The van der Waals surface area contributed by atoms with Gasteiger partial charge in [0.05, 0.1) is 24.1 Å². The average Bonchev–Trinajstić information content (AvgIpc) is 3.12. The molecule has 1 saturated heterocycles. The number of thioether (sulfide) groups is 1. The van der Waals surface area contributed by atoms with Crippen LogP contribution in [0.4, 0.5) is 0 Å². The zero-order valence-electron chi connectivity index (χ0n) is 14.7. The number of H-pyrrole nitrogens is 1. The molecule has 1 aliphatic heterocycles. The molecule has 0 saturated carbocycles. The number of hydrogen-bond acceptors (Lipinski definition) is 6. The van der Waals surface area contributed by atoms with Gasteiger partial charge in [-0.2, -0.15) is 0 Å². The number of carbonyl (C=O) groups excluding carboxylic acids is 1. The molecule has 7 nitrogen and oxygen atoms in total. The zero-order valence-corrected chi connectivity index (χ0v) is 15.5. The summed E-state index contributed by atoms with van der Waals surface area (Å²) < 4.78 is 5.68. The predicted octanol–water partition coefficient (Wildman–Crippen LogP) is 1.77. The lowest BCUT2D eigenvalue weighted by Crippen LogP contribution is -2.38. The van der Waals surface area contributed by atoms with Crippen LogP contribution >= 0.6 is 11.8 Å². The number of aromatic nitrogens is 3. The van der Waals surface area contributed by atoms with E-state index in [1.165, 1.54) is 17.8 Å². The van der Waals surface area contributed by atoms with E-state index in [1.54, 1.807) is 18.0 Å². The highest BCUT2D eigenvalue weighted by atomic mass is 32.2. The van der Waals surface area contributed by atoms with Crippen molar-refractivity contribution < 1.29 is 9.53 Å². The Morgan fingerprint density at radius 1 is 1.46 bits per heavy atom. The van der Waals surface area contributed by atoms with Crippen molar-refractivity contribution in [2.45, 2.75) is 37.6 Å². The van der Waals surface area contributed by atoms with Crippen molar-refractivity contribution in [3.63, 3.8) is 0 Å². The van der Waals surface area contributed by atoms with E-state index in [1.807, 2.05) is 18.2 Å². The molecule has 1 fully saturated rings. The first-order valence-corrected chi connectivity index (χ1v) is 9.59. The summed E-state index contributed by atoms with van der Waals surface area (Å²) in [5.74, 6) is 0.173. The Bertz CT molecular complexity index is 791. The summed E-state index contributed by atoms with van der Waals surface area (Å²) in [4.78, 5) is 37.3. The van der Waals surface area contributed by atoms with Crippen molar-refractivity contribution in [2.24, 2.45) is 0 Å². The molecule has 0 bridgehead atoms. The highest BCUT2D eigenvalue weighted by Gasteiger charge is 2.23. The SMILES string of the molecule is Cc1cc(=O)[nH]c(SCC(=O)N(Cc2ccccn2)C[C@H]2CCCO2)n1. The molecule has 138 valence electrons. The fraction of sp³-hybridized carbons (Fsp3) is 0.444. The van der Waals surface area contributed by atoms with E-state index in [4.69, 9.17) is 4.74 Å². The van der Waals surface area contributed by atoms with Crippen LogP contribution in [0.2, 0.25) is 0 Å². The highest BCUT2D eigenvalue weighted by molar-refractivity contribution is 7.99. The van der Waals surface area contributed by atoms with Crippen molar-refractivity contribution in [2.75, 3.05) is 18.9 Å². The van der Waals surface area contributed by atoms with Gasteiger partial charge in [-0.1, -0.05) is 17.8 Å². The molecule has 1 atom stereocenters. The number of nitrogens with one attached hydrogen (secondary N) is 1. The Balaban J connectivity index is 1.65. The number of aromatic amines is 1. The normalized spacial score (nSPS) is 16.6. The standard InChI is InChI=1S/C18H22N4O3S/c1-13-9-16(23)21-18(20-13)26-12-17(24)22(11-15-6-4-8-25-15)10-14-5-2-3-7-19-14/h2-3,5,7,9,15H,4,6,8,10-12H2,1H3,(H,20,21,23)/t15-/m1/s1. The summed E-state index contributed by atoms with van der Waals surface area (Å²) in [6, 6.07) is 7.10. The first-order chi connectivity index (χ1) is 12.6. The van der Waals surface area contributed by atoms with Gasteiger partial charge in [-0.3, -0.25) is 14.6 Å². The fourth-order valence-electron chi connectivity index (χ4n) is 2.82. The van der Waals surface area contributed by atoms with Gasteiger partial charge >= 0.3 is 0 Å². The number of amides is 1. The molecule has 0 spiro atoms. The highest BCUT2D eigenvalue weighted by Crippen LogP contribution is 2.17. The second-order valence-electron chi connectivity index (χ2n) is 6.21. The van der Waals surface area contributed by atoms with Gasteiger partial charge in [-0.05, 0) is 31.9 Å². The molecule has 2 aromatic rings. The van der Waals surface area contributed by atoms with Gasteiger partial charge in [-0.15, -0.1) is 0 Å². The molecule has 0 aliphatic carbocycles. The summed E-state index contributed by atoms with van der Waals surface area (Å²) >= 11 is 1.23. The molecule has 2 aromatic heterocycles. The Morgan fingerprint density at radius 3 is 3.04 bits per heavy atom. The quantitative estimate of drug-likeness (QED) is 0.587. The van der Waals surface area contributed by atoms with E-state index >= 15 is 0 Å². The van der Waals surface area contributed by atoms with E-state index in [-0.39, 0.29) is 23.3 Å². The number of ether oxygens (including phenoxy) is 1. The maximum atomic E-state index is 12.8. The average molecular weight is 374 g/mol. The van der Waals surface area contributed by atoms with E-state index < -0.39 is 0 Å². The fourth-order valence-corrected chi connectivity index (χ4v) is 3.64. The Kier molecular flexibility index (Phi) is 6.40. The van der Waals surface area contributed by atoms with Gasteiger partial charge < -0.3 is 14.6 Å². The largest absolute Gasteiger partial charge is 0.376 e. The smallest absolute Gasteiger partial charge is 0.251 e. The monoisotopic (exact) mass is 374 g/mol. The van der Waals surface area contributed by atoms with Crippen LogP contribution in [-0.4, -0.2) is 50.8 Å². The number of rotatable bonds is 7. The van der Waals surface area contributed by atoms with Crippen LogP contribution in [-0.2, 0) is 16.1 Å². The molecule has 3 heterocycles. The first kappa shape index (κ1) is 18.6. The van der Waals surface area contributed by atoms with Crippen molar-refractivity contribution in [1.82, 2.24) is 19.9 Å². The maximum Gasteiger partial charge on any atom is 0.251 e. The summed E-state index contributed by atoms with van der Waals surface area (Å²) in [5.41, 5.74) is 1.26. The van der Waals surface area contributed by atoms with Gasteiger partial charge in [0.15, 0.2) is 5.16 Å². The number of hydrogen-bond donors (Lipinski definition) is 1. The molecule has 26 heavy (non-hydrogen) atoms. The Labute approximate surface area is 156 Å². The van der Waals surface area contributed by atoms with E-state index in [9.17, 15) is 9.59 Å². The Morgan fingerprint density at radius 2 is 2.35 bits per heavy atom. The van der Waals surface area contributed by atoms with Crippen molar-refractivity contribution in [3.8, 4) is 0 Å². The molecule has 1 N–H and O–H groups in total. The first-order valence-electron chi connectivity index (χ1n) is 8.60. The summed E-state index contributed by atoms with van der Waals surface area (Å²) in [6.45, 7) is 3.50. The second kappa shape index (κ2) is 8.95. The lowest BCUT2D eigenvalue weighted by Gasteiger charge is -2.25. The third-order valence-corrected chi connectivity index (χ3v) is 4.92.